The van der Waals surface area contributed by atoms with Gasteiger partial charge in [-0.1, -0.05) is 0 Å². The fourth-order valence-electron chi connectivity index (χ4n) is 1.04. The van der Waals surface area contributed by atoms with E-state index in [4.69, 9.17) is 9.52 Å². The van der Waals surface area contributed by atoms with E-state index in [0.29, 0.717) is 0 Å². The highest BCUT2D eigenvalue weighted by Crippen LogP contribution is 2.11. The maximum absolute atomic E-state index is 8.55. The van der Waals surface area contributed by atoms with E-state index in [-0.39, 0.29) is 12.6 Å². The fourth-order valence-corrected chi connectivity index (χ4v) is 1.04. The first-order chi connectivity index (χ1) is 5.84. The number of hydrogen-bond donors (Lipinski definition) is 2. The van der Waals surface area contributed by atoms with E-state index in [1.165, 1.54) is 0 Å². The Morgan fingerprint density at radius 1 is 1.67 bits per heavy atom. The molecule has 0 spiro atoms. The third-order valence-corrected chi connectivity index (χ3v) is 1.76. The predicted octanol–water partition coefficient (Wildman–Crippen LogP) is 1.31. The second-order valence-electron chi connectivity index (χ2n) is 2.77. The van der Waals surface area contributed by atoms with Gasteiger partial charge in [0.2, 0.25) is 0 Å². The van der Waals surface area contributed by atoms with Gasteiger partial charge in [0.25, 0.3) is 0 Å². The molecule has 0 saturated carbocycles. The molecule has 1 aromatic rings. The lowest BCUT2D eigenvalue weighted by Crippen LogP contribution is -2.20. The van der Waals surface area contributed by atoms with Gasteiger partial charge in [-0.3, -0.25) is 0 Å². The molecule has 0 amide bonds. The SMILES string of the molecule is C[C@@H](NCCCO)c1ccco1. The minimum absolute atomic E-state index is 0.228. The molecule has 3 heteroatoms. The molecule has 2 N–H and O–H groups in total. The molecule has 12 heavy (non-hydrogen) atoms. The second-order valence-corrected chi connectivity index (χ2v) is 2.77. The zero-order valence-electron chi connectivity index (χ0n) is 7.29. The molecule has 0 aromatic carbocycles. The normalized spacial score (nSPS) is 13.2. The minimum Gasteiger partial charge on any atom is -0.468 e. The third-order valence-electron chi connectivity index (χ3n) is 1.76. The summed E-state index contributed by atoms with van der Waals surface area (Å²) in [6, 6.07) is 4.04. The summed E-state index contributed by atoms with van der Waals surface area (Å²) < 4.78 is 5.20. The van der Waals surface area contributed by atoms with Gasteiger partial charge in [-0.25, -0.2) is 0 Å². The van der Waals surface area contributed by atoms with Crippen LogP contribution in [0.5, 0.6) is 0 Å². The van der Waals surface area contributed by atoms with Crippen molar-refractivity contribution >= 4 is 0 Å². The second kappa shape index (κ2) is 4.95. The summed E-state index contributed by atoms with van der Waals surface area (Å²) in [7, 11) is 0. The zero-order chi connectivity index (χ0) is 8.81. The van der Waals surface area contributed by atoms with Crippen molar-refractivity contribution in [2.24, 2.45) is 0 Å². The lowest BCUT2D eigenvalue weighted by Gasteiger charge is -2.09. The van der Waals surface area contributed by atoms with E-state index in [1.807, 2.05) is 19.1 Å². The van der Waals surface area contributed by atoms with Crippen molar-refractivity contribution in [2.75, 3.05) is 13.2 Å². The van der Waals surface area contributed by atoms with Crippen molar-refractivity contribution in [1.82, 2.24) is 5.32 Å². The highest BCUT2D eigenvalue weighted by Gasteiger charge is 2.05. The minimum atomic E-state index is 0.228. The molecule has 1 aromatic heterocycles. The van der Waals surface area contributed by atoms with Crippen LogP contribution in [0.1, 0.15) is 25.1 Å². The lowest BCUT2D eigenvalue weighted by molar-refractivity contribution is 0.282. The molecule has 0 aliphatic heterocycles. The van der Waals surface area contributed by atoms with Gasteiger partial charge >= 0.3 is 0 Å². The molecule has 0 aliphatic rings. The first-order valence-electron chi connectivity index (χ1n) is 4.22. The molecule has 1 atom stereocenters. The van der Waals surface area contributed by atoms with Crippen LogP contribution in [0.25, 0.3) is 0 Å². The molecule has 1 heterocycles. The van der Waals surface area contributed by atoms with Gasteiger partial charge in [0.05, 0.1) is 12.3 Å². The van der Waals surface area contributed by atoms with E-state index >= 15 is 0 Å². The molecule has 0 aliphatic carbocycles. The van der Waals surface area contributed by atoms with Gasteiger partial charge in [-0.2, -0.15) is 0 Å². The van der Waals surface area contributed by atoms with Crippen LogP contribution in [-0.4, -0.2) is 18.3 Å². The summed E-state index contributed by atoms with van der Waals surface area (Å²) in [4.78, 5) is 0. The van der Waals surface area contributed by atoms with Crippen LogP contribution in [0.4, 0.5) is 0 Å². The van der Waals surface area contributed by atoms with Crippen LogP contribution in [0.15, 0.2) is 22.8 Å². The summed E-state index contributed by atoms with van der Waals surface area (Å²) in [5, 5.41) is 11.8. The van der Waals surface area contributed by atoms with E-state index in [2.05, 4.69) is 5.32 Å². The monoisotopic (exact) mass is 169 g/mol. The van der Waals surface area contributed by atoms with Gasteiger partial charge in [-0.15, -0.1) is 0 Å². The maximum Gasteiger partial charge on any atom is 0.120 e. The van der Waals surface area contributed by atoms with Crippen LogP contribution in [0.2, 0.25) is 0 Å². The topological polar surface area (TPSA) is 45.4 Å². The predicted molar refractivity (Wildman–Crippen MR) is 46.8 cm³/mol. The molecular weight excluding hydrogens is 154 g/mol. The van der Waals surface area contributed by atoms with Crippen molar-refractivity contribution in [3.05, 3.63) is 24.2 Å². The van der Waals surface area contributed by atoms with E-state index in [0.717, 1.165) is 18.7 Å². The Morgan fingerprint density at radius 3 is 3.08 bits per heavy atom. The molecule has 0 unspecified atom stereocenters. The van der Waals surface area contributed by atoms with Gasteiger partial charge < -0.3 is 14.8 Å². The summed E-state index contributed by atoms with van der Waals surface area (Å²) in [5.41, 5.74) is 0. The van der Waals surface area contributed by atoms with Crippen LogP contribution >= 0.6 is 0 Å². The quantitative estimate of drug-likeness (QED) is 0.653. The maximum atomic E-state index is 8.55. The molecule has 1 rings (SSSR count). The average molecular weight is 169 g/mol. The molecule has 68 valence electrons. The zero-order valence-corrected chi connectivity index (χ0v) is 7.29. The van der Waals surface area contributed by atoms with Gasteiger partial charge in [0.15, 0.2) is 0 Å². The molecule has 0 saturated heterocycles. The highest BCUT2D eigenvalue weighted by atomic mass is 16.3. The van der Waals surface area contributed by atoms with Crippen LogP contribution < -0.4 is 5.32 Å². The van der Waals surface area contributed by atoms with Crippen molar-refractivity contribution < 1.29 is 9.52 Å². The summed E-state index contributed by atoms with van der Waals surface area (Å²) >= 11 is 0. The average Bonchev–Trinajstić information content (AvgIpc) is 2.56. The van der Waals surface area contributed by atoms with E-state index in [1.54, 1.807) is 6.26 Å². The number of rotatable bonds is 5. The number of furan rings is 1. The smallest absolute Gasteiger partial charge is 0.120 e. The van der Waals surface area contributed by atoms with Gasteiger partial charge in [0, 0.05) is 6.61 Å². The van der Waals surface area contributed by atoms with E-state index < -0.39 is 0 Å². The first-order valence-corrected chi connectivity index (χ1v) is 4.22. The third kappa shape index (κ3) is 2.68. The molecule has 0 fully saturated rings. The summed E-state index contributed by atoms with van der Waals surface area (Å²) in [6.45, 7) is 3.09. The first kappa shape index (κ1) is 9.29. The van der Waals surface area contributed by atoms with Crippen LogP contribution in [0.3, 0.4) is 0 Å². The van der Waals surface area contributed by atoms with Crippen molar-refractivity contribution in [3.63, 3.8) is 0 Å². The number of nitrogens with one attached hydrogen (secondary N) is 1. The van der Waals surface area contributed by atoms with Crippen LogP contribution in [0, 0.1) is 0 Å². The van der Waals surface area contributed by atoms with Crippen molar-refractivity contribution in [3.8, 4) is 0 Å². The Hall–Kier alpha value is -0.800. The molecule has 0 radical (unpaired) electrons. The number of hydrogen-bond acceptors (Lipinski definition) is 3. The molecular formula is C9H15NO2. The highest BCUT2D eigenvalue weighted by molar-refractivity contribution is 5.02. The number of aliphatic hydroxyl groups excluding tert-OH is 1. The van der Waals surface area contributed by atoms with Gasteiger partial charge in [0.1, 0.15) is 5.76 Å². The summed E-state index contributed by atoms with van der Waals surface area (Å²) in [5.74, 6) is 0.938. The van der Waals surface area contributed by atoms with Crippen LogP contribution in [-0.2, 0) is 0 Å². The largest absolute Gasteiger partial charge is 0.468 e. The van der Waals surface area contributed by atoms with Crippen molar-refractivity contribution in [1.29, 1.82) is 0 Å². The fraction of sp³-hybridized carbons (Fsp3) is 0.556. The van der Waals surface area contributed by atoms with Gasteiger partial charge in [-0.05, 0) is 32.0 Å². The Bertz CT molecular complexity index is 196. The Labute approximate surface area is 72.4 Å². The number of aliphatic hydroxyl groups is 1. The standard InChI is InChI=1S/C9H15NO2/c1-8(10-5-3-6-11)9-4-2-7-12-9/h2,4,7-8,10-11H,3,5-6H2,1H3/t8-/m1/s1. The van der Waals surface area contributed by atoms with E-state index in [9.17, 15) is 0 Å². The Balaban J connectivity index is 2.25. The molecule has 3 nitrogen and oxygen atoms in total. The Kier molecular flexibility index (Phi) is 3.84. The summed E-state index contributed by atoms with van der Waals surface area (Å²) in [6.07, 6.45) is 2.45. The Morgan fingerprint density at radius 2 is 2.50 bits per heavy atom. The lowest BCUT2D eigenvalue weighted by atomic mass is 10.2. The van der Waals surface area contributed by atoms with Crippen molar-refractivity contribution in [2.45, 2.75) is 19.4 Å². The molecule has 0 bridgehead atoms.